The summed E-state index contributed by atoms with van der Waals surface area (Å²) in [7, 11) is 0. The van der Waals surface area contributed by atoms with E-state index in [0.29, 0.717) is 5.56 Å². The van der Waals surface area contributed by atoms with Gasteiger partial charge in [-0.1, -0.05) is 67.3 Å². The van der Waals surface area contributed by atoms with Gasteiger partial charge in [-0.05, 0) is 24.1 Å². The molecule has 0 unspecified atom stereocenters. The van der Waals surface area contributed by atoms with E-state index >= 15 is 0 Å². The summed E-state index contributed by atoms with van der Waals surface area (Å²) in [6.07, 6.45) is 3.98. The molecule has 22 heavy (non-hydrogen) atoms. The fraction of sp³-hybridized carbons (Fsp3) is 0.0526. The highest BCUT2D eigenvalue weighted by Crippen LogP contribution is 2.12. The Labute approximate surface area is 130 Å². The van der Waals surface area contributed by atoms with Crippen LogP contribution >= 0.6 is 0 Å². The van der Waals surface area contributed by atoms with Crippen LogP contribution in [0.5, 0.6) is 0 Å². The average molecular weight is 291 g/mol. The summed E-state index contributed by atoms with van der Waals surface area (Å²) >= 11 is 0. The van der Waals surface area contributed by atoms with Gasteiger partial charge >= 0.3 is 5.97 Å². The number of aliphatic carboxylic acids is 1. The Hall–Kier alpha value is -3.12. The van der Waals surface area contributed by atoms with E-state index in [1.807, 2.05) is 66.7 Å². The lowest BCUT2D eigenvalue weighted by molar-refractivity contribution is -0.132. The minimum absolute atomic E-state index is 0.176. The zero-order chi connectivity index (χ0) is 16.4. The molecule has 3 heteroatoms. The average Bonchev–Trinajstić information content (AvgIpc) is 2.54. The third kappa shape index (κ3) is 5.89. The van der Waals surface area contributed by atoms with E-state index in [1.165, 1.54) is 6.92 Å². The number of rotatable bonds is 3. The molecule has 0 radical (unpaired) electrons. The lowest BCUT2D eigenvalue weighted by Gasteiger charge is -1.96. The molecule has 0 heterocycles. The normalized spacial score (nSPS) is 9.45. The molecular formula is C19H17NO2. The quantitative estimate of drug-likeness (QED) is 0.674. The molecule has 2 aromatic rings. The smallest absolute Gasteiger partial charge is 0.330 e. The van der Waals surface area contributed by atoms with Crippen LogP contribution in [0.4, 0.5) is 0 Å². The third-order valence-corrected chi connectivity index (χ3v) is 2.70. The number of nitriles is 1. The molecule has 1 N–H and O–H groups in total. The molecule has 0 saturated carbocycles. The predicted octanol–water partition coefficient (Wildman–Crippen LogP) is 4.38. The summed E-state index contributed by atoms with van der Waals surface area (Å²) in [6.45, 7) is 4.60. The van der Waals surface area contributed by atoms with Crippen molar-refractivity contribution in [2.24, 2.45) is 0 Å². The number of carboxylic acids is 1. The molecule has 0 saturated heterocycles. The second-order valence-electron chi connectivity index (χ2n) is 4.53. The van der Waals surface area contributed by atoms with E-state index in [-0.39, 0.29) is 5.57 Å². The summed E-state index contributed by atoms with van der Waals surface area (Å²) in [5.74, 6) is -0.935. The van der Waals surface area contributed by atoms with Crippen molar-refractivity contribution in [2.45, 2.75) is 6.92 Å². The number of hydrogen-bond donors (Lipinski definition) is 1. The van der Waals surface area contributed by atoms with Gasteiger partial charge in [0, 0.05) is 5.57 Å². The zero-order valence-corrected chi connectivity index (χ0v) is 12.4. The van der Waals surface area contributed by atoms with Crippen LogP contribution in [0.15, 0.2) is 66.7 Å². The number of benzene rings is 2. The van der Waals surface area contributed by atoms with Gasteiger partial charge in [0.05, 0.1) is 11.6 Å². The Morgan fingerprint density at radius 2 is 1.64 bits per heavy atom. The van der Waals surface area contributed by atoms with Gasteiger partial charge < -0.3 is 5.11 Å². The van der Waals surface area contributed by atoms with Crippen molar-refractivity contribution in [1.29, 1.82) is 5.26 Å². The van der Waals surface area contributed by atoms with E-state index in [2.05, 4.69) is 12.6 Å². The maximum atomic E-state index is 9.60. The molecule has 2 aromatic carbocycles. The summed E-state index contributed by atoms with van der Waals surface area (Å²) in [4.78, 5) is 9.60. The first-order valence-corrected chi connectivity index (χ1v) is 6.65. The molecule has 2 rings (SSSR count). The minimum Gasteiger partial charge on any atom is -0.478 e. The highest BCUT2D eigenvalue weighted by Gasteiger charge is 1.95. The van der Waals surface area contributed by atoms with Gasteiger partial charge in [0.15, 0.2) is 0 Å². The van der Waals surface area contributed by atoms with Gasteiger partial charge in [0.25, 0.3) is 0 Å². The summed E-state index contributed by atoms with van der Waals surface area (Å²) < 4.78 is 0. The molecule has 0 atom stereocenters. The molecule has 0 bridgehead atoms. The number of nitrogens with zero attached hydrogens (tertiary/aromatic N) is 1. The Morgan fingerprint density at radius 1 is 1.09 bits per heavy atom. The Kier molecular flexibility index (Phi) is 6.88. The fourth-order valence-corrected chi connectivity index (χ4v) is 1.49. The lowest BCUT2D eigenvalue weighted by atomic mass is 10.1. The first-order chi connectivity index (χ1) is 10.5. The van der Waals surface area contributed by atoms with E-state index < -0.39 is 5.97 Å². The molecule has 0 aliphatic rings. The van der Waals surface area contributed by atoms with Gasteiger partial charge in [-0.15, -0.1) is 0 Å². The molecule has 0 aliphatic carbocycles. The van der Waals surface area contributed by atoms with Crippen molar-refractivity contribution in [3.63, 3.8) is 0 Å². The Balaban J connectivity index is 0.000000346. The topological polar surface area (TPSA) is 61.1 Å². The predicted molar refractivity (Wildman–Crippen MR) is 89.0 cm³/mol. The summed E-state index contributed by atoms with van der Waals surface area (Å²) in [5, 5.41) is 16.8. The lowest BCUT2D eigenvalue weighted by Crippen LogP contribution is -1.92. The van der Waals surface area contributed by atoms with Crippen molar-refractivity contribution in [2.75, 3.05) is 0 Å². The monoisotopic (exact) mass is 291 g/mol. The van der Waals surface area contributed by atoms with Gasteiger partial charge in [-0.25, -0.2) is 4.79 Å². The first-order valence-electron chi connectivity index (χ1n) is 6.65. The van der Waals surface area contributed by atoms with Crippen LogP contribution in [0.2, 0.25) is 0 Å². The van der Waals surface area contributed by atoms with E-state index in [9.17, 15) is 4.79 Å². The molecule has 0 amide bonds. The zero-order valence-electron chi connectivity index (χ0n) is 12.4. The van der Waals surface area contributed by atoms with Crippen molar-refractivity contribution in [3.05, 3.63) is 83.4 Å². The molecule has 0 spiro atoms. The number of carbonyl (C=O) groups is 1. The fourth-order valence-electron chi connectivity index (χ4n) is 1.49. The Morgan fingerprint density at radius 3 is 2.18 bits per heavy atom. The molecule has 3 nitrogen and oxygen atoms in total. The summed E-state index contributed by atoms with van der Waals surface area (Å²) in [6, 6.07) is 19.8. The van der Waals surface area contributed by atoms with E-state index in [1.54, 1.807) is 0 Å². The highest BCUT2D eigenvalue weighted by atomic mass is 16.4. The largest absolute Gasteiger partial charge is 0.478 e. The standard InChI is InChI=1S/C15H11N.C4H6O2/c16-12-15-9-5-4-8-14(15)11-10-13-6-2-1-3-7-13;1-3(2)4(5)6/h1-11H;1H2,2H3,(H,5,6). The highest BCUT2D eigenvalue weighted by molar-refractivity contribution is 5.84. The third-order valence-electron chi connectivity index (χ3n) is 2.70. The molecule has 0 fully saturated rings. The number of carboxylic acid groups (broad SMARTS) is 1. The maximum absolute atomic E-state index is 9.60. The molecular weight excluding hydrogens is 274 g/mol. The van der Waals surface area contributed by atoms with Crippen LogP contribution in [0.25, 0.3) is 12.2 Å². The molecule has 0 aromatic heterocycles. The van der Waals surface area contributed by atoms with Crippen LogP contribution in [-0.4, -0.2) is 11.1 Å². The van der Waals surface area contributed by atoms with Crippen LogP contribution in [-0.2, 0) is 4.79 Å². The molecule has 110 valence electrons. The van der Waals surface area contributed by atoms with E-state index in [0.717, 1.165) is 11.1 Å². The van der Waals surface area contributed by atoms with Crippen molar-refractivity contribution in [3.8, 4) is 6.07 Å². The van der Waals surface area contributed by atoms with Crippen LogP contribution in [0, 0.1) is 11.3 Å². The van der Waals surface area contributed by atoms with Crippen LogP contribution in [0.3, 0.4) is 0 Å². The van der Waals surface area contributed by atoms with Crippen molar-refractivity contribution < 1.29 is 9.90 Å². The van der Waals surface area contributed by atoms with Gasteiger partial charge in [0.2, 0.25) is 0 Å². The van der Waals surface area contributed by atoms with E-state index in [4.69, 9.17) is 10.4 Å². The van der Waals surface area contributed by atoms with Crippen molar-refractivity contribution in [1.82, 2.24) is 0 Å². The first kappa shape index (κ1) is 16.9. The van der Waals surface area contributed by atoms with Crippen molar-refractivity contribution >= 4 is 18.1 Å². The van der Waals surface area contributed by atoms with Gasteiger partial charge in [-0.3, -0.25) is 0 Å². The van der Waals surface area contributed by atoms with Crippen LogP contribution in [0.1, 0.15) is 23.6 Å². The molecule has 0 aliphatic heterocycles. The second kappa shape index (κ2) is 8.93. The van der Waals surface area contributed by atoms with Crippen LogP contribution < -0.4 is 0 Å². The van der Waals surface area contributed by atoms with Gasteiger partial charge in [-0.2, -0.15) is 5.26 Å². The minimum atomic E-state index is -0.935. The summed E-state index contributed by atoms with van der Waals surface area (Å²) in [5.41, 5.74) is 2.97. The maximum Gasteiger partial charge on any atom is 0.330 e. The number of hydrogen-bond acceptors (Lipinski definition) is 2. The van der Waals surface area contributed by atoms with Gasteiger partial charge in [0.1, 0.15) is 0 Å². The second-order valence-corrected chi connectivity index (χ2v) is 4.53. The SMILES string of the molecule is C=C(C)C(=O)O.N#Cc1ccccc1C=Cc1ccccc1. The Bertz CT molecular complexity index is 698.